The van der Waals surface area contributed by atoms with E-state index in [-0.39, 0.29) is 0 Å². The summed E-state index contributed by atoms with van der Waals surface area (Å²) < 4.78 is 0. The Morgan fingerprint density at radius 2 is 2.00 bits per heavy atom. The molecule has 2 nitrogen and oxygen atoms in total. The van der Waals surface area contributed by atoms with Crippen LogP contribution in [-0.2, 0) is 6.54 Å². The zero-order valence-corrected chi connectivity index (χ0v) is 11.9. The number of aryl methyl sites for hydroxylation is 1. The molecule has 1 saturated carbocycles. The van der Waals surface area contributed by atoms with E-state index in [2.05, 4.69) is 36.1 Å². The van der Waals surface area contributed by atoms with Crippen LogP contribution in [0.3, 0.4) is 0 Å². The number of benzene rings is 1. The van der Waals surface area contributed by atoms with E-state index in [4.69, 9.17) is 18.0 Å². The molecule has 0 unspecified atom stereocenters. The molecule has 1 aliphatic rings. The van der Waals surface area contributed by atoms with Gasteiger partial charge in [0.1, 0.15) is 0 Å². The van der Waals surface area contributed by atoms with Crippen LogP contribution in [0.2, 0.25) is 0 Å². The third-order valence-corrected chi connectivity index (χ3v) is 3.96. The lowest BCUT2D eigenvalue weighted by atomic mass is 10.1. The van der Waals surface area contributed by atoms with Crippen LogP contribution in [0.1, 0.15) is 36.8 Å². The Kier molecular flexibility index (Phi) is 4.72. The second kappa shape index (κ2) is 6.30. The number of hydrogen-bond donors (Lipinski definition) is 1. The Morgan fingerprint density at radius 1 is 1.33 bits per heavy atom. The topological polar surface area (TPSA) is 29.3 Å². The molecular formula is C15H22N2S. The van der Waals surface area contributed by atoms with Gasteiger partial charge in [0, 0.05) is 19.1 Å². The lowest BCUT2D eigenvalue weighted by Crippen LogP contribution is -2.39. The Morgan fingerprint density at radius 3 is 2.61 bits per heavy atom. The smallest absolute Gasteiger partial charge is 0.0870 e. The summed E-state index contributed by atoms with van der Waals surface area (Å²) in [6.07, 6.45) is 5.25. The maximum atomic E-state index is 5.74. The van der Waals surface area contributed by atoms with Gasteiger partial charge in [-0.25, -0.2) is 0 Å². The lowest BCUT2D eigenvalue weighted by Gasteiger charge is -2.29. The van der Waals surface area contributed by atoms with Gasteiger partial charge in [0.05, 0.1) is 4.99 Å². The molecule has 0 amide bonds. The Labute approximate surface area is 115 Å². The quantitative estimate of drug-likeness (QED) is 0.827. The fourth-order valence-corrected chi connectivity index (χ4v) is 2.96. The average Bonchev–Trinajstić information content (AvgIpc) is 2.84. The monoisotopic (exact) mass is 262 g/mol. The molecule has 18 heavy (non-hydrogen) atoms. The molecule has 3 heteroatoms. The van der Waals surface area contributed by atoms with Gasteiger partial charge < -0.3 is 5.73 Å². The average molecular weight is 262 g/mol. The summed E-state index contributed by atoms with van der Waals surface area (Å²) in [7, 11) is 0. The predicted octanol–water partition coefficient (Wildman–Crippen LogP) is 3.03. The molecule has 1 aromatic carbocycles. The van der Waals surface area contributed by atoms with E-state index < -0.39 is 0 Å². The summed E-state index contributed by atoms with van der Waals surface area (Å²) in [4.78, 5) is 3.06. The highest BCUT2D eigenvalue weighted by Crippen LogP contribution is 2.25. The van der Waals surface area contributed by atoms with Crippen molar-refractivity contribution in [2.75, 3.05) is 6.54 Å². The number of hydrogen-bond acceptors (Lipinski definition) is 2. The lowest BCUT2D eigenvalue weighted by molar-refractivity contribution is 0.218. The fourth-order valence-electron chi connectivity index (χ4n) is 2.79. The highest BCUT2D eigenvalue weighted by molar-refractivity contribution is 7.80. The van der Waals surface area contributed by atoms with E-state index in [1.54, 1.807) is 0 Å². The van der Waals surface area contributed by atoms with Crippen molar-refractivity contribution < 1.29 is 0 Å². The van der Waals surface area contributed by atoms with Crippen molar-refractivity contribution in [2.24, 2.45) is 5.73 Å². The normalized spacial score (nSPS) is 16.3. The summed E-state index contributed by atoms with van der Waals surface area (Å²) in [5, 5.41) is 0. The van der Waals surface area contributed by atoms with Gasteiger partial charge in [-0.3, -0.25) is 4.90 Å². The Bertz CT molecular complexity index is 411. The van der Waals surface area contributed by atoms with E-state index in [1.165, 1.54) is 36.8 Å². The molecule has 0 saturated heterocycles. The van der Waals surface area contributed by atoms with Gasteiger partial charge in [0.25, 0.3) is 0 Å². The van der Waals surface area contributed by atoms with Gasteiger partial charge in [-0.15, -0.1) is 0 Å². The van der Waals surface area contributed by atoms with E-state index in [0.717, 1.165) is 13.1 Å². The molecule has 0 bridgehead atoms. The first kappa shape index (κ1) is 13.5. The summed E-state index contributed by atoms with van der Waals surface area (Å²) >= 11 is 5.09. The van der Waals surface area contributed by atoms with Crippen LogP contribution in [0, 0.1) is 6.92 Å². The van der Waals surface area contributed by atoms with Crippen molar-refractivity contribution in [3.05, 3.63) is 35.4 Å². The van der Waals surface area contributed by atoms with Gasteiger partial charge in [-0.1, -0.05) is 49.3 Å². The van der Waals surface area contributed by atoms with Gasteiger partial charge in [-0.2, -0.15) is 0 Å². The standard InChI is InChI=1S/C15H22N2S/c1-12-6-2-3-7-13(12)10-17(11-15(16)18)14-8-4-5-9-14/h2-3,6-7,14H,4-5,8-11H2,1H3,(H2,16,18). The molecule has 0 atom stereocenters. The third-order valence-electron chi connectivity index (χ3n) is 3.83. The largest absolute Gasteiger partial charge is 0.392 e. The summed E-state index contributed by atoms with van der Waals surface area (Å²) in [5.74, 6) is 0. The van der Waals surface area contributed by atoms with Crippen molar-refractivity contribution in [1.29, 1.82) is 0 Å². The van der Waals surface area contributed by atoms with Crippen LogP contribution in [0.5, 0.6) is 0 Å². The Balaban J connectivity index is 2.09. The van der Waals surface area contributed by atoms with E-state index >= 15 is 0 Å². The predicted molar refractivity (Wildman–Crippen MR) is 80.6 cm³/mol. The van der Waals surface area contributed by atoms with Gasteiger partial charge >= 0.3 is 0 Å². The second-order valence-electron chi connectivity index (χ2n) is 5.24. The van der Waals surface area contributed by atoms with Crippen molar-refractivity contribution >= 4 is 17.2 Å². The third kappa shape index (κ3) is 3.53. The zero-order chi connectivity index (χ0) is 13.0. The minimum absolute atomic E-state index is 0.607. The Hall–Kier alpha value is -0.930. The molecule has 0 aromatic heterocycles. The molecule has 0 heterocycles. The van der Waals surface area contributed by atoms with Gasteiger partial charge in [0.15, 0.2) is 0 Å². The highest BCUT2D eigenvalue weighted by atomic mass is 32.1. The number of nitrogens with two attached hydrogens (primary N) is 1. The van der Waals surface area contributed by atoms with Crippen molar-refractivity contribution in [3.8, 4) is 0 Å². The molecule has 0 aliphatic heterocycles. The molecule has 1 aliphatic carbocycles. The summed E-state index contributed by atoms with van der Waals surface area (Å²) in [6, 6.07) is 9.23. The van der Waals surface area contributed by atoms with Crippen molar-refractivity contribution in [2.45, 2.75) is 45.2 Å². The van der Waals surface area contributed by atoms with E-state index in [1.807, 2.05) is 0 Å². The first-order valence-corrected chi connectivity index (χ1v) is 7.14. The van der Waals surface area contributed by atoms with Gasteiger partial charge in [0.2, 0.25) is 0 Å². The van der Waals surface area contributed by atoms with Crippen LogP contribution >= 0.6 is 12.2 Å². The van der Waals surface area contributed by atoms with E-state index in [9.17, 15) is 0 Å². The fraction of sp³-hybridized carbons (Fsp3) is 0.533. The highest BCUT2D eigenvalue weighted by Gasteiger charge is 2.23. The van der Waals surface area contributed by atoms with Crippen LogP contribution in [-0.4, -0.2) is 22.5 Å². The van der Waals surface area contributed by atoms with Crippen LogP contribution in [0.4, 0.5) is 0 Å². The van der Waals surface area contributed by atoms with Crippen LogP contribution in [0.25, 0.3) is 0 Å². The van der Waals surface area contributed by atoms with Crippen LogP contribution in [0.15, 0.2) is 24.3 Å². The molecule has 0 radical (unpaired) electrons. The summed E-state index contributed by atoms with van der Waals surface area (Å²) in [5.41, 5.74) is 8.48. The number of thiocarbonyl (C=S) groups is 1. The molecule has 2 N–H and O–H groups in total. The number of nitrogens with zero attached hydrogens (tertiary/aromatic N) is 1. The SMILES string of the molecule is Cc1ccccc1CN(CC(N)=S)C1CCCC1. The van der Waals surface area contributed by atoms with Gasteiger partial charge in [-0.05, 0) is 30.9 Å². The second-order valence-corrected chi connectivity index (χ2v) is 5.76. The zero-order valence-electron chi connectivity index (χ0n) is 11.1. The molecule has 1 fully saturated rings. The van der Waals surface area contributed by atoms with Crippen LogP contribution < -0.4 is 5.73 Å². The molecule has 98 valence electrons. The first-order valence-electron chi connectivity index (χ1n) is 6.73. The van der Waals surface area contributed by atoms with Crippen molar-refractivity contribution in [3.63, 3.8) is 0 Å². The minimum Gasteiger partial charge on any atom is -0.392 e. The van der Waals surface area contributed by atoms with Crippen molar-refractivity contribution in [1.82, 2.24) is 4.90 Å². The number of rotatable bonds is 5. The molecule has 2 rings (SSSR count). The molecule has 1 aromatic rings. The first-order chi connectivity index (χ1) is 8.66. The molecule has 0 spiro atoms. The summed E-state index contributed by atoms with van der Waals surface area (Å²) in [6.45, 7) is 3.88. The minimum atomic E-state index is 0.607. The molecular weight excluding hydrogens is 240 g/mol. The maximum Gasteiger partial charge on any atom is 0.0870 e. The maximum absolute atomic E-state index is 5.74. The van der Waals surface area contributed by atoms with E-state index in [0.29, 0.717) is 11.0 Å².